The van der Waals surface area contributed by atoms with Crippen LogP contribution in [0.15, 0.2) is 73.1 Å². The van der Waals surface area contributed by atoms with Crippen LogP contribution < -0.4 is 9.64 Å². The van der Waals surface area contributed by atoms with Gasteiger partial charge >= 0.3 is 6.18 Å². The van der Waals surface area contributed by atoms with Gasteiger partial charge in [0, 0.05) is 49.5 Å². The molecule has 10 heteroatoms. The fraction of sp³-hybridized carbons (Fsp3) is 0.207. The zero-order valence-electron chi connectivity index (χ0n) is 21.2. The van der Waals surface area contributed by atoms with Crippen LogP contribution in [0.3, 0.4) is 0 Å². The van der Waals surface area contributed by atoms with Crippen LogP contribution in [0.25, 0.3) is 11.4 Å². The zero-order valence-corrected chi connectivity index (χ0v) is 21.2. The second-order valence-electron chi connectivity index (χ2n) is 9.16. The standard InChI is InChI=1S/C29H24F4N4O2/c1-36(22-14-19(29(31,32)33)13-20(30)15-22)21-7-10-34-26(16-21)27-24-9-12-37(28(38)25(24)8-11-35-27)17-18-3-5-23(39-2)6-4-18/h3-8,10-11,13-16H,9,12,17H2,1-2H3. The number of carbonyl (C=O) groups excluding carboxylic acids is 1. The van der Waals surface area contributed by atoms with E-state index in [1.165, 1.54) is 11.1 Å². The molecule has 0 atom stereocenters. The van der Waals surface area contributed by atoms with Crippen LogP contribution in [-0.4, -0.2) is 41.5 Å². The first-order chi connectivity index (χ1) is 18.6. The molecule has 0 saturated heterocycles. The summed E-state index contributed by atoms with van der Waals surface area (Å²) in [7, 11) is 3.14. The number of carbonyl (C=O) groups is 1. The van der Waals surface area contributed by atoms with Crippen molar-refractivity contribution in [2.75, 3.05) is 25.6 Å². The molecule has 2 aromatic heterocycles. The van der Waals surface area contributed by atoms with Crippen LogP contribution in [0.5, 0.6) is 5.75 Å². The van der Waals surface area contributed by atoms with E-state index in [0.29, 0.717) is 48.2 Å². The van der Waals surface area contributed by atoms with Crippen molar-refractivity contribution in [3.05, 3.63) is 101 Å². The van der Waals surface area contributed by atoms with Crippen molar-refractivity contribution in [1.82, 2.24) is 14.9 Å². The third-order valence-electron chi connectivity index (χ3n) is 6.71. The number of hydrogen-bond donors (Lipinski definition) is 0. The van der Waals surface area contributed by atoms with Crippen LogP contribution in [0.1, 0.15) is 27.0 Å². The lowest BCUT2D eigenvalue weighted by Gasteiger charge is -2.29. The van der Waals surface area contributed by atoms with E-state index in [0.717, 1.165) is 29.0 Å². The van der Waals surface area contributed by atoms with Gasteiger partial charge in [-0.05, 0) is 66.1 Å². The van der Waals surface area contributed by atoms with Gasteiger partial charge in [-0.15, -0.1) is 0 Å². The Morgan fingerprint density at radius 2 is 1.72 bits per heavy atom. The predicted octanol–water partition coefficient (Wildman–Crippen LogP) is 6.28. The molecule has 4 aromatic rings. The zero-order chi connectivity index (χ0) is 27.7. The number of ether oxygens (including phenoxy) is 1. The van der Waals surface area contributed by atoms with E-state index in [2.05, 4.69) is 9.97 Å². The molecule has 0 unspecified atom stereocenters. The number of hydrogen-bond acceptors (Lipinski definition) is 5. The second kappa shape index (κ2) is 10.4. The number of halogens is 4. The largest absolute Gasteiger partial charge is 0.497 e. The van der Waals surface area contributed by atoms with Gasteiger partial charge in [0.1, 0.15) is 11.6 Å². The lowest BCUT2D eigenvalue weighted by Crippen LogP contribution is -2.37. The Hall–Kier alpha value is -4.47. The number of nitrogens with zero attached hydrogens (tertiary/aromatic N) is 4. The van der Waals surface area contributed by atoms with Crippen molar-refractivity contribution in [2.24, 2.45) is 0 Å². The van der Waals surface area contributed by atoms with Gasteiger partial charge in [-0.1, -0.05) is 12.1 Å². The number of benzene rings is 2. The Bertz CT molecular complexity index is 1520. The van der Waals surface area contributed by atoms with Crippen molar-refractivity contribution in [1.29, 1.82) is 0 Å². The highest BCUT2D eigenvalue weighted by molar-refractivity contribution is 5.98. The van der Waals surface area contributed by atoms with Crippen molar-refractivity contribution < 1.29 is 27.1 Å². The van der Waals surface area contributed by atoms with Crippen LogP contribution in [0, 0.1) is 5.82 Å². The van der Waals surface area contributed by atoms with Gasteiger partial charge < -0.3 is 14.5 Å². The van der Waals surface area contributed by atoms with Gasteiger partial charge in [-0.2, -0.15) is 13.2 Å². The van der Waals surface area contributed by atoms with Crippen molar-refractivity contribution in [3.63, 3.8) is 0 Å². The molecule has 2 aromatic carbocycles. The second-order valence-corrected chi connectivity index (χ2v) is 9.16. The maximum Gasteiger partial charge on any atom is 0.416 e. The number of rotatable bonds is 6. The molecule has 0 spiro atoms. The molecular weight excluding hydrogens is 512 g/mol. The monoisotopic (exact) mass is 536 g/mol. The molecule has 5 rings (SSSR count). The Morgan fingerprint density at radius 1 is 0.974 bits per heavy atom. The van der Waals surface area contributed by atoms with E-state index in [-0.39, 0.29) is 11.6 Å². The molecule has 200 valence electrons. The molecule has 1 amide bonds. The van der Waals surface area contributed by atoms with E-state index in [1.807, 2.05) is 24.3 Å². The van der Waals surface area contributed by atoms with Crippen LogP contribution in [-0.2, 0) is 19.1 Å². The quantitative estimate of drug-likeness (QED) is 0.272. The minimum atomic E-state index is -4.68. The summed E-state index contributed by atoms with van der Waals surface area (Å²) < 4.78 is 58.9. The first-order valence-electron chi connectivity index (χ1n) is 12.1. The minimum Gasteiger partial charge on any atom is -0.497 e. The molecule has 6 nitrogen and oxygen atoms in total. The SMILES string of the molecule is COc1ccc(CN2CCc3c(ccnc3-c3cc(N(C)c4cc(F)cc(C(F)(F)F)c4)ccn3)C2=O)cc1. The summed E-state index contributed by atoms with van der Waals surface area (Å²) in [5.41, 5.74) is 2.69. The van der Waals surface area contributed by atoms with Crippen molar-refractivity contribution in [3.8, 4) is 17.1 Å². The highest BCUT2D eigenvalue weighted by Gasteiger charge is 2.32. The van der Waals surface area contributed by atoms with E-state index < -0.39 is 17.6 Å². The Labute approximate surface area is 222 Å². The summed E-state index contributed by atoms with van der Waals surface area (Å²) >= 11 is 0. The Balaban J connectivity index is 1.42. The highest BCUT2D eigenvalue weighted by Crippen LogP contribution is 2.35. The molecule has 39 heavy (non-hydrogen) atoms. The third kappa shape index (κ3) is 5.41. The van der Waals surface area contributed by atoms with Crippen LogP contribution >= 0.6 is 0 Å². The van der Waals surface area contributed by atoms with E-state index >= 15 is 0 Å². The number of alkyl halides is 3. The smallest absolute Gasteiger partial charge is 0.416 e. The first kappa shape index (κ1) is 26.1. The number of methoxy groups -OCH3 is 1. The number of fused-ring (bicyclic) bond motifs is 1. The molecule has 1 aliphatic heterocycles. The Morgan fingerprint density at radius 3 is 2.44 bits per heavy atom. The number of anilines is 2. The van der Waals surface area contributed by atoms with Crippen molar-refractivity contribution >= 4 is 17.3 Å². The van der Waals surface area contributed by atoms with E-state index in [9.17, 15) is 22.4 Å². The van der Waals surface area contributed by atoms with Gasteiger partial charge in [-0.25, -0.2) is 4.39 Å². The highest BCUT2D eigenvalue weighted by atomic mass is 19.4. The average molecular weight is 537 g/mol. The van der Waals surface area contributed by atoms with Gasteiger partial charge in [0.25, 0.3) is 5.91 Å². The topological polar surface area (TPSA) is 58.6 Å². The van der Waals surface area contributed by atoms with Gasteiger partial charge in [0.05, 0.1) is 24.1 Å². The summed E-state index contributed by atoms with van der Waals surface area (Å²) in [6.45, 7) is 0.936. The molecule has 0 radical (unpaired) electrons. The van der Waals surface area contributed by atoms with E-state index in [1.54, 1.807) is 43.5 Å². The first-order valence-corrected chi connectivity index (χ1v) is 12.1. The lowest BCUT2D eigenvalue weighted by atomic mass is 9.95. The van der Waals surface area contributed by atoms with Crippen molar-refractivity contribution in [2.45, 2.75) is 19.1 Å². The van der Waals surface area contributed by atoms with Gasteiger partial charge in [-0.3, -0.25) is 14.8 Å². The van der Waals surface area contributed by atoms with Crippen LogP contribution in [0.2, 0.25) is 0 Å². The molecule has 1 aliphatic rings. The summed E-state index contributed by atoms with van der Waals surface area (Å²) in [6.07, 6.45) is -1.07. The molecule has 0 saturated carbocycles. The molecule has 3 heterocycles. The van der Waals surface area contributed by atoms with Crippen LogP contribution in [0.4, 0.5) is 28.9 Å². The molecule has 0 aliphatic carbocycles. The number of pyridine rings is 2. The molecule has 0 bridgehead atoms. The Kier molecular flexibility index (Phi) is 6.94. The normalized spacial score (nSPS) is 13.3. The van der Waals surface area contributed by atoms with E-state index in [4.69, 9.17) is 4.74 Å². The minimum absolute atomic E-state index is 0.0341. The number of aromatic nitrogens is 2. The molecule has 0 fully saturated rings. The third-order valence-corrected chi connectivity index (χ3v) is 6.71. The molecule has 0 N–H and O–H groups in total. The molecular formula is C29H24F4N4O2. The summed E-state index contributed by atoms with van der Waals surface area (Å²) in [5.74, 6) is -0.371. The lowest BCUT2D eigenvalue weighted by molar-refractivity contribution is -0.137. The predicted molar refractivity (Wildman–Crippen MR) is 138 cm³/mol. The maximum absolute atomic E-state index is 14.0. The van der Waals surface area contributed by atoms with Gasteiger partial charge in [0.2, 0.25) is 0 Å². The average Bonchev–Trinajstić information content (AvgIpc) is 2.93. The fourth-order valence-corrected chi connectivity index (χ4v) is 4.63. The summed E-state index contributed by atoms with van der Waals surface area (Å²) in [4.78, 5) is 25.5. The summed E-state index contributed by atoms with van der Waals surface area (Å²) in [6, 6.07) is 14.9. The number of amides is 1. The van der Waals surface area contributed by atoms with Gasteiger partial charge in [0.15, 0.2) is 0 Å². The fourth-order valence-electron chi connectivity index (χ4n) is 4.63. The maximum atomic E-state index is 14.0. The summed E-state index contributed by atoms with van der Waals surface area (Å²) in [5, 5.41) is 0.